The summed E-state index contributed by atoms with van der Waals surface area (Å²) in [6.45, 7) is 4.40. The van der Waals surface area contributed by atoms with Crippen molar-refractivity contribution in [1.82, 2.24) is 0 Å². The highest BCUT2D eigenvalue weighted by Crippen LogP contribution is 2.41. The summed E-state index contributed by atoms with van der Waals surface area (Å²) < 4.78 is 0. The molecular weight excluding hydrogens is 170 g/mol. The van der Waals surface area contributed by atoms with Gasteiger partial charge < -0.3 is 5.73 Å². The normalized spacial score (nSPS) is 20.1. The standard InChI is InChI=1S/C13H17N/c1-3-9-10(4-2)13(14)12-8-6-5-7-11(9)12/h5-8,13H,3-4,14H2,1-2H3. The molecule has 0 heterocycles. The number of allylic oxidation sites excluding steroid dienone is 1. The summed E-state index contributed by atoms with van der Waals surface area (Å²) in [4.78, 5) is 0. The van der Waals surface area contributed by atoms with Crippen molar-refractivity contribution in [3.8, 4) is 0 Å². The smallest absolute Gasteiger partial charge is 0.0522 e. The highest BCUT2D eigenvalue weighted by atomic mass is 14.7. The third kappa shape index (κ3) is 1.20. The maximum atomic E-state index is 6.21. The van der Waals surface area contributed by atoms with Crippen LogP contribution in [0.25, 0.3) is 5.57 Å². The predicted molar refractivity (Wildman–Crippen MR) is 60.9 cm³/mol. The van der Waals surface area contributed by atoms with E-state index in [1.54, 1.807) is 0 Å². The fourth-order valence-corrected chi connectivity index (χ4v) is 2.44. The van der Waals surface area contributed by atoms with Crippen LogP contribution in [0.4, 0.5) is 0 Å². The zero-order chi connectivity index (χ0) is 10.1. The molecule has 0 saturated heterocycles. The lowest BCUT2D eigenvalue weighted by Gasteiger charge is -2.08. The van der Waals surface area contributed by atoms with Crippen LogP contribution < -0.4 is 5.73 Å². The lowest BCUT2D eigenvalue weighted by atomic mass is 10.0. The van der Waals surface area contributed by atoms with Crippen molar-refractivity contribution in [1.29, 1.82) is 0 Å². The van der Waals surface area contributed by atoms with Crippen molar-refractivity contribution in [2.45, 2.75) is 32.7 Å². The van der Waals surface area contributed by atoms with Crippen LogP contribution in [0.5, 0.6) is 0 Å². The predicted octanol–water partition coefficient (Wildman–Crippen LogP) is 3.27. The monoisotopic (exact) mass is 187 g/mol. The van der Waals surface area contributed by atoms with Crippen LogP contribution in [-0.4, -0.2) is 0 Å². The van der Waals surface area contributed by atoms with Crippen molar-refractivity contribution in [2.24, 2.45) is 5.73 Å². The topological polar surface area (TPSA) is 26.0 Å². The van der Waals surface area contributed by atoms with Crippen LogP contribution in [0.15, 0.2) is 29.8 Å². The second kappa shape index (κ2) is 3.58. The van der Waals surface area contributed by atoms with Gasteiger partial charge in [0.25, 0.3) is 0 Å². The number of nitrogens with two attached hydrogens (primary N) is 1. The molecule has 14 heavy (non-hydrogen) atoms. The van der Waals surface area contributed by atoms with E-state index in [-0.39, 0.29) is 6.04 Å². The number of rotatable bonds is 2. The van der Waals surface area contributed by atoms with Gasteiger partial charge >= 0.3 is 0 Å². The molecule has 1 aliphatic carbocycles. The van der Waals surface area contributed by atoms with Gasteiger partial charge in [0.05, 0.1) is 6.04 Å². The number of hydrogen-bond donors (Lipinski definition) is 1. The first kappa shape index (κ1) is 9.47. The van der Waals surface area contributed by atoms with E-state index < -0.39 is 0 Å². The molecule has 0 bridgehead atoms. The average molecular weight is 187 g/mol. The molecule has 1 nitrogen and oxygen atoms in total. The third-order valence-corrected chi connectivity index (χ3v) is 3.12. The summed E-state index contributed by atoms with van der Waals surface area (Å²) in [5, 5.41) is 0. The SMILES string of the molecule is CCC1=C(CC)C(N)c2ccccc21. The zero-order valence-electron chi connectivity index (χ0n) is 8.88. The Labute approximate surface area is 85.6 Å². The van der Waals surface area contributed by atoms with Gasteiger partial charge in [-0.05, 0) is 35.1 Å². The maximum absolute atomic E-state index is 6.21. The molecular formula is C13H17N. The van der Waals surface area contributed by atoms with Gasteiger partial charge in [-0.2, -0.15) is 0 Å². The van der Waals surface area contributed by atoms with Gasteiger partial charge in [0.15, 0.2) is 0 Å². The van der Waals surface area contributed by atoms with Crippen LogP contribution in [0, 0.1) is 0 Å². The first-order valence-electron chi connectivity index (χ1n) is 5.36. The van der Waals surface area contributed by atoms with Crippen LogP contribution in [0.1, 0.15) is 43.9 Å². The van der Waals surface area contributed by atoms with Crippen molar-refractivity contribution in [3.05, 3.63) is 41.0 Å². The molecule has 1 aromatic carbocycles. The van der Waals surface area contributed by atoms with Gasteiger partial charge in [0.2, 0.25) is 0 Å². The Hall–Kier alpha value is -1.08. The van der Waals surface area contributed by atoms with Gasteiger partial charge in [-0.15, -0.1) is 0 Å². The Morgan fingerprint density at radius 1 is 1.14 bits per heavy atom. The van der Waals surface area contributed by atoms with Crippen molar-refractivity contribution in [2.75, 3.05) is 0 Å². The van der Waals surface area contributed by atoms with Gasteiger partial charge in [0.1, 0.15) is 0 Å². The van der Waals surface area contributed by atoms with E-state index in [1.807, 2.05) is 0 Å². The Morgan fingerprint density at radius 2 is 1.86 bits per heavy atom. The Kier molecular flexibility index (Phi) is 2.42. The molecule has 0 aromatic heterocycles. The van der Waals surface area contributed by atoms with E-state index in [2.05, 4.69) is 38.1 Å². The Morgan fingerprint density at radius 3 is 2.50 bits per heavy atom. The van der Waals surface area contributed by atoms with E-state index in [1.165, 1.54) is 22.3 Å². The van der Waals surface area contributed by atoms with Gasteiger partial charge in [0, 0.05) is 0 Å². The first-order valence-corrected chi connectivity index (χ1v) is 5.36. The van der Waals surface area contributed by atoms with Crippen LogP contribution in [0.3, 0.4) is 0 Å². The average Bonchev–Trinajstić information content (AvgIpc) is 2.51. The minimum absolute atomic E-state index is 0.145. The molecule has 1 unspecified atom stereocenters. The summed E-state index contributed by atoms with van der Waals surface area (Å²) in [5.41, 5.74) is 11.8. The van der Waals surface area contributed by atoms with Crippen molar-refractivity contribution in [3.63, 3.8) is 0 Å². The zero-order valence-corrected chi connectivity index (χ0v) is 8.88. The number of hydrogen-bond acceptors (Lipinski definition) is 1. The maximum Gasteiger partial charge on any atom is 0.0522 e. The van der Waals surface area contributed by atoms with Crippen LogP contribution >= 0.6 is 0 Å². The molecule has 1 aromatic rings. The fraction of sp³-hybridized carbons (Fsp3) is 0.385. The molecule has 2 rings (SSSR count). The van der Waals surface area contributed by atoms with Crippen molar-refractivity contribution >= 4 is 5.57 Å². The molecule has 0 amide bonds. The molecule has 0 radical (unpaired) electrons. The quantitative estimate of drug-likeness (QED) is 0.755. The number of fused-ring (bicyclic) bond motifs is 1. The molecule has 0 fully saturated rings. The van der Waals surface area contributed by atoms with Crippen LogP contribution in [-0.2, 0) is 0 Å². The summed E-state index contributed by atoms with van der Waals surface area (Å²) in [6, 6.07) is 8.66. The summed E-state index contributed by atoms with van der Waals surface area (Å²) >= 11 is 0. The minimum atomic E-state index is 0.145. The van der Waals surface area contributed by atoms with Gasteiger partial charge in [-0.3, -0.25) is 0 Å². The highest BCUT2D eigenvalue weighted by Gasteiger charge is 2.25. The minimum Gasteiger partial charge on any atom is -0.321 e. The molecule has 1 atom stereocenters. The summed E-state index contributed by atoms with van der Waals surface area (Å²) in [6.07, 6.45) is 2.16. The van der Waals surface area contributed by atoms with E-state index in [0.717, 1.165) is 12.8 Å². The third-order valence-electron chi connectivity index (χ3n) is 3.12. The molecule has 1 heteroatoms. The lowest BCUT2D eigenvalue weighted by molar-refractivity contribution is 0.821. The van der Waals surface area contributed by atoms with E-state index in [9.17, 15) is 0 Å². The Balaban J connectivity index is 2.57. The molecule has 2 N–H and O–H groups in total. The second-order valence-corrected chi connectivity index (χ2v) is 3.78. The van der Waals surface area contributed by atoms with Crippen molar-refractivity contribution < 1.29 is 0 Å². The Bertz CT molecular complexity index is 377. The number of benzene rings is 1. The van der Waals surface area contributed by atoms with E-state index in [0.29, 0.717) is 0 Å². The first-order chi connectivity index (χ1) is 6.79. The van der Waals surface area contributed by atoms with E-state index in [4.69, 9.17) is 5.73 Å². The second-order valence-electron chi connectivity index (χ2n) is 3.78. The van der Waals surface area contributed by atoms with Crippen LogP contribution in [0.2, 0.25) is 0 Å². The molecule has 74 valence electrons. The molecule has 0 aliphatic heterocycles. The largest absolute Gasteiger partial charge is 0.321 e. The van der Waals surface area contributed by atoms with Gasteiger partial charge in [-0.25, -0.2) is 0 Å². The van der Waals surface area contributed by atoms with E-state index >= 15 is 0 Å². The molecule has 0 saturated carbocycles. The molecule has 1 aliphatic rings. The summed E-state index contributed by atoms with van der Waals surface area (Å²) in [7, 11) is 0. The highest BCUT2D eigenvalue weighted by molar-refractivity contribution is 5.77. The lowest BCUT2D eigenvalue weighted by Crippen LogP contribution is -2.09. The molecule has 0 spiro atoms. The van der Waals surface area contributed by atoms with Gasteiger partial charge in [-0.1, -0.05) is 38.1 Å². The fourth-order valence-electron chi connectivity index (χ4n) is 2.44. The summed E-state index contributed by atoms with van der Waals surface area (Å²) in [5.74, 6) is 0.